The predicted molar refractivity (Wildman–Crippen MR) is 101 cm³/mol. The molecule has 0 saturated carbocycles. The van der Waals surface area contributed by atoms with Crippen molar-refractivity contribution in [2.75, 3.05) is 20.8 Å². The molecule has 27 heavy (non-hydrogen) atoms. The van der Waals surface area contributed by atoms with Crippen LogP contribution in [0.1, 0.15) is 29.0 Å². The van der Waals surface area contributed by atoms with Crippen LogP contribution in [-0.4, -0.2) is 31.6 Å². The molecule has 0 aromatic heterocycles. The molecule has 0 radical (unpaired) electrons. The van der Waals surface area contributed by atoms with E-state index in [0.29, 0.717) is 35.7 Å². The summed E-state index contributed by atoms with van der Waals surface area (Å²) in [7, 11) is 3.19. The van der Waals surface area contributed by atoms with Gasteiger partial charge in [0.2, 0.25) is 5.91 Å². The van der Waals surface area contributed by atoms with Crippen LogP contribution in [0.3, 0.4) is 0 Å². The zero-order chi connectivity index (χ0) is 19.0. The highest BCUT2D eigenvalue weighted by Crippen LogP contribution is 2.45. The minimum Gasteiger partial charge on any atom is -0.493 e. The van der Waals surface area contributed by atoms with Crippen molar-refractivity contribution in [2.24, 2.45) is 0 Å². The van der Waals surface area contributed by atoms with E-state index in [-0.39, 0.29) is 11.8 Å². The van der Waals surface area contributed by atoms with E-state index in [1.807, 2.05) is 42.5 Å². The van der Waals surface area contributed by atoms with E-state index in [1.54, 1.807) is 19.1 Å². The van der Waals surface area contributed by atoms with Gasteiger partial charge >= 0.3 is 0 Å². The zero-order valence-electron chi connectivity index (χ0n) is 15.4. The lowest BCUT2D eigenvalue weighted by atomic mass is 9.80. The van der Waals surface area contributed by atoms with Crippen molar-refractivity contribution in [1.82, 2.24) is 4.90 Å². The molecule has 2 aromatic rings. The Hall–Kier alpha value is -3.26. The number of carbonyl (C=O) groups is 1. The number of hydrogen-bond acceptors (Lipinski definition) is 4. The number of nitriles is 1. The Balaban J connectivity index is 1.95. The normalized spacial score (nSPS) is 18.5. The molecule has 2 aliphatic heterocycles. The molecule has 1 unspecified atom stereocenters. The van der Waals surface area contributed by atoms with Crippen molar-refractivity contribution in [2.45, 2.75) is 18.8 Å². The first kappa shape index (κ1) is 17.2. The van der Waals surface area contributed by atoms with Crippen LogP contribution in [-0.2, 0) is 11.2 Å². The molecule has 1 amide bonds. The Kier molecular flexibility index (Phi) is 4.33. The fourth-order valence-electron chi connectivity index (χ4n) is 4.03. The molecule has 0 N–H and O–H groups in total. The van der Waals surface area contributed by atoms with E-state index < -0.39 is 0 Å². The highest BCUT2D eigenvalue weighted by Gasteiger charge is 2.38. The van der Waals surface area contributed by atoms with E-state index in [4.69, 9.17) is 9.47 Å². The van der Waals surface area contributed by atoms with Gasteiger partial charge in [0.1, 0.15) is 0 Å². The van der Waals surface area contributed by atoms with Gasteiger partial charge in [0.25, 0.3) is 0 Å². The lowest BCUT2D eigenvalue weighted by Gasteiger charge is -2.38. The molecule has 4 rings (SSSR count). The molecule has 2 aromatic carbocycles. The van der Waals surface area contributed by atoms with Gasteiger partial charge in [-0.3, -0.25) is 4.79 Å². The maximum absolute atomic E-state index is 12.9. The summed E-state index contributed by atoms with van der Waals surface area (Å²) in [6.07, 6.45) is 1.04. The van der Waals surface area contributed by atoms with Gasteiger partial charge in [0, 0.05) is 24.4 Å². The Labute approximate surface area is 158 Å². The van der Waals surface area contributed by atoms with Crippen LogP contribution in [0.25, 0.3) is 5.70 Å². The molecule has 0 saturated heterocycles. The van der Waals surface area contributed by atoms with Crippen LogP contribution in [0.5, 0.6) is 11.5 Å². The summed E-state index contributed by atoms with van der Waals surface area (Å²) >= 11 is 0. The molecule has 5 nitrogen and oxygen atoms in total. The summed E-state index contributed by atoms with van der Waals surface area (Å²) in [5.41, 5.74) is 4.28. The van der Waals surface area contributed by atoms with Gasteiger partial charge < -0.3 is 14.4 Å². The number of rotatable bonds is 3. The summed E-state index contributed by atoms with van der Waals surface area (Å²) < 4.78 is 10.9. The Bertz CT molecular complexity index is 973. The van der Waals surface area contributed by atoms with Crippen LogP contribution >= 0.6 is 0 Å². The Morgan fingerprint density at radius 1 is 1.11 bits per heavy atom. The molecule has 2 heterocycles. The fraction of sp³-hybridized carbons (Fsp3) is 0.273. The van der Waals surface area contributed by atoms with Gasteiger partial charge in [-0.2, -0.15) is 5.26 Å². The lowest BCUT2D eigenvalue weighted by molar-refractivity contribution is -0.128. The molecule has 0 aliphatic carbocycles. The van der Waals surface area contributed by atoms with Gasteiger partial charge in [0.15, 0.2) is 11.5 Å². The topological polar surface area (TPSA) is 62.6 Å². The van der Waals surface area contributed by atoms with Crippen LogP contribution in [0.15, 0.2) is 48.0 Å². The lowest BCUT2D eigenvalue weighted by Crippen LogP contribution is -2.40. The largest absolute Gasteiger partial charge is 0.493 e. The number of methoxy groups -OCH3 is 2. The van der Waals surface area contributed by atoms with Crippen molar-refractivity contribution in [3.05, 3.63) is 64.7 Å². The number of fused-ring (bicyclic) bond motifs is 3. The second kappa shape index (κ2) is 6.81. The Morgan fingerprint density at radius 2 is 1.81 bits per heavy atom. The highest BCUT2D eigenvalue weighted by atomic mass is 16.5. The zero-order valence-corrected chi connectivity index (χ0v) is 15.4. The highest BCUT2D eigenvalue weighted by molar-refractivity contribution is 5.95. The first-order valence-electron chi connectivity index (χ1n) is 8.92. The maximum atomic E-state index is 12.9. The Morgan fingerprint density at radius 3 is 2.48 bits per heavy atom. The number of ether oxygens (including phenoxy) is 2. The van der Waals surface area contributed by atoms with E-state index in [0.717, 1.165) is 23.1 Å². The number of carbonyl (C=O) groups excluding carboxylic acids is 1. The monoisotopic (exact) mass is 360 g/mol. The molecule has 1 atom stereocenters. The van der Waals surface area contributed by atoms with E-state index >= 15 is 0 Å². The SMILES string of the molecule is COc1cc2c(cc1OC)C1=C(C#N)C(c3ccccc3)CC(=O)N1CC2. The van der Waals surface area contributed by atoms with Crippen molar-refractivity contribution < 1.29 is 14.3 Å². The quantitative estimate of drug-likeness (QED) is 0.840. The number of amides is 1. The second-order valence-electron chi connectivity index (χ2n) is 6.70. The maximum Gasteiger partial charge on any atom is 0.228 e. The van der Waals surface area contributed by atoms with Crippen molar-refractivity contribution in [1.29, 1.82) is 5.26 Å². The molecular weight excluding hydrogens is 340 g/mol. The standard InChI is InChI=1S/C22H20N2O3/c1-26-19-10-15-8-9-24-21(25)12-16(14-6-4-3-5-7-14)18(13-23)22(24)17(15)11-20(19)27-2/h3-7,10-11,16H,8-9,12H2,1-2H3. The summed E-state index contributed by atoms with van der Waals surface area (Å²) in [5.74, 6) is 1.08. The van der Waals surface area contributed by atoms with Crippen molar-refractivity contribution in [3.8, 4) is 17.6 Å². The minimum atomic E-state index is -0.228. The molecule has 0 fully saturated rings. The minimum absolute atomic E-state index is 0.0540. The average Bonchev–Trinajstić information content (AvgIpc) is 2.72. The van der Waals surface area contributed by atoms with E-state index in [2.05, 4.69) is 6.07 Å². The molecule has 0 bridgehead atoms. The third-order valence-electron chi connectivity index (χ3n) is 5.34. The van der Waals surface area contributed by atoms with Crippen molar-refractivity contribution in [3.63, 3.8) is 0 Å². The number of nitrogens with zero attached hydrogens (tertiary/aromatic N) is 2. The van der Waals surface area contributed by atoms with Crippen LogP contribution in [0, 0.1) is 11.3 Å². The molecule has 5 heteroatoms. The summed E-state index contributed by atoms with van der Waals surface area (Å²) in [4.78, 5) is 14.6. The number of benzene rings is 2. The number of hydrogen-bond donors (Lipinski definition) is 0. The van der Waals surface area contributed by atoms with E-state index in [1.165, 1.54) is 0 Å². The molecule has 0 spiro atoms. The predicted octanol–water partition coefficient (Wildman–Crippen LogP) is 3.51. The first-order valence-corrected chi connectivity index (χ1v) is 8.92. The summed E-state index contributed by atoms with van der Waals surface area (Å²) in [5, 5.41) is 10.00. The average molecular weight is 360 g/mol. The van der Waals surface area contributed by atoms with Crippen molar-refractivity contribution >= 4 is 11.6 Å². The van der Waals surface area contributed by atoms with Crippen LogP contribution in [0.4, 0.5) is 0 Å². The van der Waals surface area contributed by atoms with Gasteiger partial charge in [-0.15, -0.1) is 0 Å². The molecule has 136 valence electrons. The number of allylic oxidation sites excluding steroid dienone is 1. The second-order valence-corrected chi connectivity index (χ2v) is 6.70. The third-order valence-corrected chi connectivity index (χ3v) is 5.34. The summed E-state index contributed by atoms with van der Waals surface area (Å²) in [6.45, 7) is 0.573. The van der Waals surface area contributed by atoms with Gasteiger partial charge in [-0.05, 0) is 29.7 Å². The molecule has 2 aliphatic rings. The van der Waals surface area contributed by atoms with Gasteiger partial charge in [-0.1, -0.05) is 30.3 Å². The first-order chi connectivity index (χ1) is 13.2. The van der Waals surface area contributed by atoms with Gasteiger partial charge in [0.05, 0.1) is 31.6 Å². The summed E-state index contributed by atoms with van der Waals surface area (Å²) in [6, 6.07) is 16.0. The third kappa shape index (κ3) is 2.74. The van der Waals surface area contributed by atoms with Crippen LogP contribution < -0.4 is 9.47 Å². The smallest absolute Gasteiger partial charge is 0.228 e. The fourth-order valence-corrected chi connectivity index (χ4v) is 4.03. The van der Waals surface area contributed by atoms with Crippen LogP contribution in [0.2, 0.25) is 0 Å². The van der Waals surface area contributed by atoms with Gasteiger partial charge in [-0.25, -0.2) is 0 Å². The van der Waals surface area contributed by atoms with E-state index in [9.17, 15) is 10.1 Å². The molecular formula is C22H20N2O3.